The molecule has 0 unspecified atom stereocenters. The number of nitrogens with one attached hydrogen (secondary N) is 2. The molecule has 2 N–H and O–H groups in total. The number of anilines is 1. The highest BCUT2D eigenvalue weighted by atomic mass is 16.5. The minimum atomic E-state index is 0.665. The van der Waals surface area contributed by atoms with Gasteiger partial charge < -0.3 is 15.1 Å². The molecule has 1 aliphatic rings. The van der Waals surface area contributed by atoms with Crippen molar-refractivity contribution in [2.45, 2.75) is 6.92 Å². The molecule has 1 aliphatic heterocycles. The molecule has 0 saturated carbocycles. The number of hydrogen-bond acceptors (Lipinski definition) is 7. The number of ether oxygens (including phenoxy) is 1. The average Bonchev–Trinajstić information content (AvgIpc) is 3.56. The molecule has 1 aromatic heterocycles. The van der Waals surface area contributed by atoms with Gasteiger partial charge in [-0.3, -0.25) is 5.01 Å². The molecule has 0 fully saturated rings. The quantitative estimate of drug-likeness (QED) is 0.406. The number of benzene rings is 3. The molecule has 0 atom stereocenters. The number of rotatable bonds is 8. The summed E-state index contributed by atoms with van der Waals surface area (Å²) in [6.07, 6.45) is 3.98. The summed E-state index contributed by atoms with van der Waals surface area (Å²) in [6.45, 7) is 3.62. The van der Waals surface area contributed by atoms with Gasteiger partial charge >= 0.3 is 0 Å². The molecule has 2 heterocycles. The molecule has 0 bridgehead atoms. The van der Waals surface area contributed by atoms with Crippen molar-refractivity contribution in [2.75, 3.05) is 32.3 Å². The molecular formula is C27H29N7O. The monoisotopic (exact) mass is 467 g/mol. The first-order chi connectivity index (χ1) is 17.0. The van der Waals surface area contributed by atoms with Gasteiger partial charge in [-0.25, -0.2) is 4.68 Å². The van der Waals surface area contributed by atoms with Crippen LogP contribution in [0, 0.1) is 6.92 Å². The van der Waals surface area contributed by atoms with Crippen molar-refractivity contribution in [1.82, 2.24) is 30.9 Å². The van der Waals surface area contributed by atoms with Gasteiger partial charge in [-0.2, -0.15) is 0 Å². The Morgan fingerprint density at radius 3 is 2.26 bits per heavy atom. The van der Waals surface area contributed by atoms with Gasteiger partial charge in [-0.15, -0.1) is 10.6 Å². The minimum Gasteiger partial charge on any atom is -0.492 e. The summed E-state index contributed by atoms with van der Waals surface area (Å²) in [5.41, 5.74) is 13.5. The van der Waals surface area contributed by atoms with Crippen LogP contribution in [-0.2, 0) is 0 Å². The molecule has 8 heteroatoms. The van der Waals surface area contributed by atoms with Crippen LogP contribution in [-0.4, -0.2) is 47.1 Å². The van der Waals surface area contributed by atoms with E-state index < -0.39 is 0 Å². The maximum atomic E-state index is 5.78. The molecule has 4 aromatic rings. The van der Waals surface area contributed by atoms with Crippen LogP contribution < -0.4 is 20.7 Å². The van der Waals surface area contributed by atoms with Crippen molar-refractivity contribution in [3.63, 3.8) is 0 Å². The van der Waals surface area contributed by atoms with Crippen molar-refractivity contribution in [3.05, 3.63) is 96.3 Å². The third-order valence-corrected chi connectivity index (χ3v) is 5.77. The fraction of sp³-hybridized carbons (Fsp3) is 0.185. The highest BCUT2D eigenvalue weighted by molar-refractivity contribution is 5.72. The van der Waals surface area contributed by atoms with E-state index in [1.807, 2.05) is 67.9 Å². The van der Waals surface area contributed by atoms with E-state index in [-0.39, 0.29) is 0 Å². The van der Waals surface area contributed by atoms with E-state index in [9.17, 15) is 0 Å². The van der Waals surface area contributed by atoms with E-state index in [0.717, 1.165) is 46.2 Å². The topological polar surface area (TPSA) is 70.5 Å². The predicted octanol–water partition coefficient (Wildman–Crippen LogP) is 4.01. The summed E-state index contributed by atoms with van der Waals surface area (Å²) < 4.78 is 7.58. The predicted molar refractivity (Wildman–Crippen MR) is 139 cm³/mol. The average molecular weight is 468 g/mol. The molecule has 0 spiro atoms. The summed E-state index contributed by atoms with van der Waals surface area (Å²) in [7, 11) is 4.07. The van der Waals surface area contributed by atoms with Gasteiger partial charge in [0.05, 0.1) is 23.3 Å². The van der Waals surface area contributed by atoms with Crippen LogP contribution in [0.25, 0.3) is 22.6 Å². The Kier molecular flexibility index (Phi) is 6.47. The highest BCUT2D eigenvalue weighted by Crippen LogP contribution is 2.25. The second-order valence-corrected chi connectivity index (χ2v) is 8.76. The molecule has 5 rings (SSSR count). The van der Waals surface area contributed by atoms with E-state index in [2.05, 4.69) is 69.5 Å². The zero-order chi connectivity index (χ0) is 24.2. The van der Waals surface area contributed by atoms with Crippen LogP contribution in [0.3, 0.4) is 0 Å². The van der Waals surface area contributed by atoms with E-state index in [4.69, 9.17) is 4.74 Å². The number of aryl methyl sites for hydroxylation is 1. The molecule has 178 valence electrons. The molecular weight excluding hydrogens is 438 g/mol. The Hall–Kier alpha value is -4.14. The van der Waals surface area contributed by atoms with Crippen molar-refractivity contribution in [1.29, 1.82) is 0 Å². The lowest BCUT2D eigenvalue weighted by molar-refractivity contribution is 0.261. The first kappa shape index (κ1) is 22.6. The fourth-order valence-corrected chi connectivity index (χ4v) is 3.69. The zero-order valence-electron chi connectivity index (χ0n) is 20.1. The van der Waals surface area contributed by atoms with E-state index in [1.54, 1.807) is 4.68 Å². The molecule has 0 radical (unpaired) electrons. The van der Waals surface area contributed by atoms with Gasteiger partial charge in [-0.05, 0) is 57.4 Å². The second-order valence-electron chi connectivity index (χ2n) is 8.76. The Morgan fingerprint density at radius 2 is 1.54 bits per heavy atom. The molecule has 0 saturated heterocycles. The number of hydrogen-bond donors (Lipinski definition) is 2. The van der Waals surface area contributed by atoms with Crippen LogP contribution in [0.5, 0.6) is 5.75 Å². The van der Waals surface area contributed by atoms with Gasteiger partial charge in [-0.1, -0.05) is 47.2 Å². The largest absolute Gasteiger partial charge is 0.492 e. The summed E-state index contributed by atoms with van der Waals surface area (Å²) >= 11 is 0. The fourth-order valence-electron chi connectivity index (χ4n) is 3.69. The number of aromatic nitrogens is 3. The van der Waals surface area contributed by atoms with Crippen molar-refractivity contribution >= 4 is 11.4 Å². The van der Waals surface area contributed by atoms with Crippen LogP contribution >= 0.6 is 0 Å². The summed E-state index contributed by atoms with van der Waals surface area (Å²) in [4.78, 5) is 2.10. The normalized spacial score (nSPS) is 13.1. The first-order valence-corrected chi connectivity index (χ1v) is 11.6. The van der Waals surface area contributed by atoms with Gasteiger partial charge in [0.25, 0.3) is 0 Å². The van der Waals surface area contributed by atoms with E-state index in [0.29, 0.717) is 6.61 Å². The van der Waals surface area contributed by atoms with Crippen LogP contribution in [0.2, 0.25) is 0 Å². The van der Waals surface area contributed by atoms with Crippen LogP contribution in [0.1, 0.15) is 11.1 Å². The number of nitrogens with zero attached hydrogens (tertiary/aromatic N) is 5. The summed E-state index contributed by atoms with van der Waals surface area (Å²) in [5, 5.41) is 10.6. The third kappa shape index (κ3) is 5.34. The van der Waals surface area contributed by atoms with Crippen molar-refractivity contribution in [3.8, 4) is 22.7 Å². The zero-order valence-corrected chi connectivity index (χ0v) is 20.1. The lowest BCUT2D eigenvalue weighted by Gasteiger charge is -2.16. The van der Waals surface area contributed by atoms with E-state index in [1.165, 1.54) is 5.56 Å². The SMILES string of the molecule is Cc1ccc(-n2cc(-c3ccc(C4=CN(c5ccc(OCCN(C)C)cc5)NN4)cc3)nn2)cc1. The second kappa shape index (κ2) is 10.0. The molecule has 35 heavy (non-hydrogen) atoms. The van der Waals surface area contributed by atoms with Crippen molar-refractivity contribution in [2.24, 2.45) is 0 Å². The lowest BCUT2D eigenvalue weighted by Crippen LogP contribution is -2.36. The van der Waals surface area contributed by atoms with Crippen LogP contribution in [0.15, 0.2) is 85.2 Å². The maximum Gasteiger partial charge on any atom is 0.119 e. The Labute approximate surface area is 205 Å². The Bertz CT molecular complexity index is 1290. The Balaban J connectivity index is 1.24. The molecule has 0 aliphatic carbocycles. The molecule has 3 aromatic carbocycles. The molecule has 0 amide bonds. The van der Waals surface area contributed by atoms with Gasteiger partial charge in [0.2, 0.25) is 0 Å². The van der Waals surface area contributed by atoms with E-state index >= 15 is 0 Å². The summed E-state index contributed by atoms with van der Waals surface area (Å²) in [6, 6.07) is 24.5. The minimum absolute atomic E-state index is 0.665. The van der Waals surface area contributed by atoms with Gasteiger partial charge in [0.1, 0.15) is 18.1 Å². The Morgan fingerprint density at radius 1 is 0.857 bits per heavy atom. The lowest BCUT2D eigenvalue weighted by atomic mass is 10.1. The van der Waals surface area contributed by atoms with Gasteiger partial charge in [0, 0.05) is 23.9 Å². The van der Waals surface area contributed by atoms with Crippen LogP contribution in [0.4, 0.5) is 5.69 Å². The first-order valence-electron chi connectivity index (χ1n) is 11.6. The highest BCUT2D eigenvalue weighted by Gasteiger charge is 2.15. The molecule has 8 nitrogen and oxygen atoms in total. The number of hydrazine groups is 2. The number of likely N-dealkylation sites (N-methyl/N-ethyl adjacent to an activating group) is 1. The third-order valence-electron chi connectivity index (χ3n) is 5.77. The smallest absolute Gasteiger partial charge is 0.119 e. The maximum absolute atomic E-state index is 5.78. The van der Waals surface area contributed by atoms with Gasteiger partial charge in [0.15, 0.2) is 0 Å². The standard InChI is InChI=1S/C27H29N7O/c1-20-4-10-23(11-5-20)33-18-26(28-30-33)21-6-8-22(9-7-21)27-19-34(31-29-27)24-12-14-25(15-13-24)35-17-16-32(2)3/h4-15,18-19,29,31H,16-17H2,1-3H3. The van der Waals surface area contributed by atoms with Crippen molar-refractivity contribution < 1.29 is 4.74 Å². The summed E-state index contributed by atoms with van der Waals surface area (Å²) in [5.74, 6) is 0.863.